The van der Waals surface area contributed by atoms with E-state index in [1.807, 2.05) is 12.1 Å². The first-order valence-electron chi connectivity index (χ1n) is 9.75. The largest absolute Gasteiger partial charge is 0.352 e. The van der Waals surface area contributed by atoms with Crippen molar-refractivity contribution in [3.05, 3.63) is 71.3 Å². The zero-order valence-electron chi connectivity index (χ0n) is 16.3. The van der Waals surface area contributed by atoms with Gasteiger partial charge in [0.15, 0.2) is 0 Å². The lowest BCUT2D eigenvalue weighted by Crippen LogP contribution is -2.34. The van der Waals surface area contributed by atoms with Crippen molar-refractivity contribution in [3.8, 4) is 11.3 Å². The van der Waals surface area contributed by atoms with Gasteiger partial charge in [0.05, 0.1) is 10.6 Å². The van der Waals surface area contributed by atoms with Gasteiger partial charge in [-0.15, -0.1) is 0 Å². The summed E-state index contributed by atoms with van der Waals surface area (Å²) in [6.07, 6.45) is 3.32. The molecule has 0 bridgehead atoms. The molecule has 0 radical (unpaired) electrons. The average molecular weight is 423 g/mol. The van der Waals surface area contributed by atoms with Crippen LogP contribution in [0, 0.1) is 11.8 Å². The third-order valence-corrected chi connectivity index (χ3v) is 7.79. The molecule has 1 saturated carbocycles. The zero-order valence-corrected chi connectivity index (χ0v) is 17.2. The third-order valence-electron chi connectivity index (χ3n) is 5.95. The summed E-state index contributed by atoms with van der Waals surface area (Å²) in [6, 6.07) is 13.7. The molecule has 3 heterocycles. The molecule has 3 atom stereocenters. The monoisotopic (exact) mass is 423 g/mol. The van der Waals surface area contributed by atoms with Gasteiger partial charge in [-0.25, -0.2) is 13.4 Å². The molecule has 8 nitrogen and oxygen atoms in total. The second-order valence-electron chi connectivity index (χ2n) is 7.73. The number of fused-ring (bicyclic) bond motifs is 1. The maximum absolute atomic E-state index is 12.8. The first-order valence-corrected chi connectivity index (χ1v) is 11.2. The van der Waals surface area contributed by atoms with E-state index in [1.54, 1.807) is 54.1 Å². The number of anilines is 1. The zero-order chi connectivity index (χ0) is 20.9. The van der Waals surface area contributed by atoms with Crippen LogP contribution in [0.4, 0.5) is 5.95 Å². The Morgan fingerprint density at radius 3 is 2.37 bits per heavy atom. The summed E-state index contributed by atoms with van der Waals surface area (Å²) in [4.78, 5) is 21.3. The van der Waals surface area contributed by atoms with Gasteiger partial charge in [0, 0.05) is 50.2 Å². The van der Waals surface area contributed by atoms with E-state index < -0.39 is 10.0 Å². The first-order chi connectivity index (χ1) is 14.4. The topological polar surface area (TPSA) is 97.2 Å². The van der Waals surface area contributed by atoms with Crippen LogP contribution in [-0.4, -0.2) is 46.4 Å². The molecule has 1 unspecified atom stereocenters. The molecule has 1 N–H and O–H groups in total. The minimum atomic E-state index is -3.47. The molecular formula is C21H21N5O3S. The highest BCUT2D eigenvalue weighted by molar-refractivity contribution is 7.89. The number of nitrogens with zero attached hydrogens (tertiary/aromatic N) is 4. The van der Waals surface area contributed by atoms with E-state index in [-0.39, 0.29) is 23.4 Å². The highest BCUT2D eigenvalue weighted by Crippen LogP contribution is 2.48. The van der Waals surface area contributed by atoms with Crippen LogP contribution in [0.25, 0.3) is 11.3 Å². The number of piperidine rings is 1. The van der Waals surface area contributed by atoms with Crippen molar-refractivity contribution in [2.45, 2.75) is 10.9 Å². The molecular weight excluding hydrogens is 402 g/mol. The molecule has 1 aromatic carbocycles. The van der Waals surface area contributed by atoms with E-state index >= 15 is 0 Å². The third kappa shape index (κ3) is 3.20. The summed E-state index contributed by atoms with van der Waals surface area (Å²) in [5, 5.41) is 3.36. The maximum Gasteiger partial charge on any atom is 0.255 e. The van der Waals surface area contributed by atoms with Crippen molar-refractivity contribution in [1.82, 2.24) is 18.8 Å². The van der Waals surface area contributed by atoms with E-state index in [0.29, 0.717) is 29.6 Å². The Morgan fingerprint density at radius 2 is 1.70 bits per heavy atom. The summed E-state index contributed by atoms with van der Waals surface area (Å²) in [7, 11) is -1.79. The molecule has 0 spiro atoms. The maximum atomic E-state index is 12.8. The number of nitrogens with one attached hydrogen (secondary N) is 1. The Hall–Kier alpha value is -3.04. The van der Waals surface area contributed by atoms with Crippen molar-refractivity contribution in [2.24, 2.45) is 18.9 Å². The van der Waals surface area contributed by atoms with Crippen molar-refractivity contribution < 1.29 is 8.42 Å². The van der Waals surface area contributed by atoms with Gasteiger partial charge in [0.25, 0.3) is 5.56 Å². The number of hydrogen-bond acceptors (Lipinski definition) is 6. The van der Waals surface area contributed by atoms with Crippen molar-refractivity contribution in [1.29, 1.82) is 0 Å². The van der Waals surface area contributed by atoms with Crippen LogP contribution in [0.3, 0.4) is 0 Å². The van der Waals surface area contributed by atoms with Gasteiger partial charge in [0.2, 0.25) is 16.0 Å². The van der Waals surface area contributed by atoms with E-state index in [4.69, 9.17) is 0 Å². The van der Waals surface area contributed by atoms with Crippen LogP contribution >= 0.6 is 0 Å². The average Bonchev–Trinajstić information content (AvgIpc) is 3.19. The van der Waals surface area contributed by atoms with Gasteiger partial charge < -0.3 is 5.32 Å². The SMILES string of the molecule is Cn1c(NC2[C@H]3CN(S(=O)(=O)c4ccccc4)C[C@@H]23)nc(-c2ccncc2)cc1=O. The lowest BCUT2D eigenvalue weighted by molar-refractivity contribution is 0.435. The number of aromatic nitrogens is 3. The Labute approximate surface area is 174 Å². The highest BCUT2D eigenvalue weighted by Gasteiger charge is 2.58. The molecule has 30 heavy (non-hydrogen) atoms. The molecule has 2 aliphatic rings. The van der Waals surface area contributed by atoms with Crippen LogP contribution in [0.2, 0.25) is 0 Å². The fourth-order valence-corrected chi connectivity index (χ4v) is 5.66. The Balaban J connectivity index is 1.32. The van der Waals surface area contributed by atoms with Gasteiger partial charge in [-0.3, -0.25) is 14.3 Å². The molecule has 9 heteroatoms. The number of pyridine rings is 1. The standard InChI is InChI=1S/C21H21N5O3S/c1-25-19(27)11-18(14-7-9-22-10-8-14)23-21(25)24-20-16-12-26(13-17(16)20)30(28,29)15-5-3-2-4-6-15/h2-11,16-17,20H,12-13H2,1H3,(H,23,24)/t16-,17+,20?. The number of rotatable bonds is 5. The molecule has 154 valence electrons. The Morgan fingerprint density at radius 1 is 1.03 bits per heavy atom. The quantitative estimate of drug-likeness (QED) is 0.669. The second kappa shape index (κ2) is 7.03. The molecule has 2 aromatic heterocycles. The second-order valence-corrected chi connectivity index (χ2v) is 9.67. The number of hydrogen-bond donors (Lipinski definition) is 1. The van der Waals surface area contributed by atoms with Crippen LogP contribution in [0.1, 0.15) is 0 Å². The van der Waals surface area contributed by atoms with Crippen LogP contribution in [0.15, 0.2) is 70.6 Å². The summed E-state index contributed by atoms with van der Waals surface area (Å²) >= 11 is 0. The van der Waals surface area contributed by atoms with Gasteiger partial charge in [0.1, 0.15) is 0 Å². The fraction of sp³-hybridized carbons (Fsp3) is 0.286. The van der Waals surface area contributed by atoms with Crippen molar-refractivity contribution in [2.75, 3.05) is 18.4 Å². The minimum absolute atomic E-state index is 0.109. The molecule has 1 saturated heterocycles. The molecule has 3 aromatic rings. The highest BCUT2D eigenvalue weighted by atomic mass is 32.2. The molecule has 5 rings (SSSR count). The summed E-state index contributed by atoms with van der Waals surface area (Å²) in [5.41, 5.74) is 1.25. The summed E-state index contributed by atoms with van der Waals surface area (Å²) in [5.74, 6) is 0.918. The molecule has 1 aliphatic carbocycles. The molecule has 0 amide bonds. The van der Waals surface area contributed by atoms with Crippen LogP contribution < -0.4 is 10.9 Å². The van der Waals surface area contributed by atoms with Crippen molar-refractivity contribution in [3.63, 3.8) is 0 Å². The predicted molar refractivity (Wildman–Crippen MR) is 112 cm³/mol. The van der Waals surface area contributed by atoms with E-state index in [0.717, 1.165) is 5.56 Å². The lowest BCUT2D eigenvalue weighted by atomic mass is 10.2. The Kier molecular flexibility index (Phi) is 4.44. The Bertz CT molecular complexity index is 1230. The normalized spacial score (nSPS) is 23.2. The number of benzene rings is 1. The summed E-state index contributed by atoms with van der Waals surface area (Å²) in [6.45, 7) is 0.940. The lowest BCUT2D eigenvalue weighted by Gasteiger charge is -2.20. The van der Waals surface area contributed by atoms with Gasteiger partial charge in [-0.2, -0.15) is 4.31 Å². The van der Waals surface area contributed by atoms with E-state index in [2.05, 4.69) is 15.3 Å². The molecule has 1 aliphatic heterocycles. The minimum Gasteiger partial charge on any atom is -0.352 e. The fourth-order valence-electron chi connectivity index (χ4n) is 4.13. The van der Waals surface area contributed by atoms with Crippen molar-refractivity contribution >= 4 is 16.0 Å². The number of sulfonamides is 1. The van der Waals surface area contributed by atoms with Crippen LogP contribution in [0.5, 0.6) is 0 Å². The van der Waals surface area contributed by atoms with Crippen LogP contribution in [-0.2, 0) is 17.1 Å². The van der Waals surface area contributed by atoms with Gasteiger partial charge in [-0.1, -0.05) is 18.2 Å². The van der Waals surface area contributed by atoms with E-state index in [9.17, 15) is 13.2 Å². The smallest absolute Gasteiger partial charge is 0.255 e. The summed E-state index contributed by atoms with van der Waals surface area (Å²) < 4.78 is 28.7. The van der Waals surface area contributed by atoms with Gasteiger partial charge >= 0.3 is 0 Å². The van der Waals surface area contributed by atoms with Gasteiger partial charge in [-0.05, 0) is 36.1 Å². The van der Waals surface area contributed by atoms with E-state index in [1.165, 1.54) is 10.6 Å². The predicted octanol–water partition coefficient (Wildman–Crippen LogP) is 1.57. The first kappa shape index (κ1) is 19.0. The molecule has 2 fully saturated rings.